The van der Waals surface area contributed by atoms with Gasteiger partial charge in [0, 0.05) is 6.54 Å². The molecule has 0 unspecified atom stereocenters. The zero-order chi connectivity index (χ0) is 17.2. The normalized spacial score (nSPS) is 10.8. The topological polar surface area (TPSA) is 50.7 Å². The summed E-state index contributed by atoms with van der Waals surface area (Å²) in [6, 6.07) is 14.2. The lowest BCUT2D eigenvalue weighted by atomic mass is 10.1. The summed E-state index contributed by atoms with van der Waals surface area (Å²) in [7, 11) is 0. The molecule has 0 atom stereocenters. The summed E-state index contributed by atoms with van der Waals surface area (Å²) in [6.45, 7) is 2.43. The van der Waals surface area contributed by atoms with E-state index in [2.05, 4.69) is 17.4 Å². The third-order valence-corrected chi connectivity index (χ3v) is 3.51. The molecule has 0 aliphatic rings. The third kappa shape index (κ3) is 6.20. The van der Waals surface area contributed by atoms with Crippen molar-refractivity contribution in [3.63, 3.8) is 0 Å². The van der Waals surface area contributed by atoms with E-state index < -0.39 is 0 Å². The van der Waals surface area contributed by atoms with Gasteiger partial charge in [-0.1, -0.05) is 48.5 Å². The maximum Gasteiger partial charge on any atom is 0.260 e. The SMILES string of the molecule is CCc1ccc(/C=N\OCC(=O)NCCc2ccc(F)cc2)cc1. The molecule has 0 saturated carbocycles. The Labute approximate surface area is 141 Å². The summed E-state index contributed by atoms with van der Waals surface area (Å²) in [6.07, 6.45) is 3.20. The van der Waals surface area contributed by atoms with Gasteiger partial charge in [0.15, 0.2) is 6.61 Å². The van der Waals surface area contributed by atoms with E-state index in [-0.39, 0.29) is 18.3 Å². The zero-order valence-corrected chi connectivity index (χ0v) is 13.7. The minimum atomic E-state index is -0.265. The fourth-order valence-corrected chi connectivity index (χ4v) is 2.08. The van der Waals surface area contributed by atoms with Gasteiger partial charge >= 0.3 is 0 Å². The van der Waals surface area contributed by atoms with Crippen molar-refractivity contribution in [2.75, 3.05) is 13.2 Å². The first-order valence-corrected chi connectivity index (χ1v) is 7.93. The van der Waals surface area contributed by atoms with E-state index in [1.807, 2.05) is 24.3 Å². The van der Waals surface area contributed by atoms with Crippen LogP contribution in [0.5, 0.6) is 0 Å². The highest BCUT2D eigenvalue weighted by atomic mass is 19.1. The Kier molecular flexibility index (Phi) is 6.95. The molecule has 1 N–H and O–H groups in total. The van der Waals surface area contributed by atoms with E-state index in [0.29, 0.717) is 13.0 Å². The van der Waals surface area contributed by atoms with Crippen molar-refractivity contribution >= 4 is 12.1 Å². The Balaban J connectivity index is 1.63. The fraction of sp³-hybridized carbons (Fsp3) is 0.263. The first-order chi connectivity index (χ1) is 11.7. The smallest absolute Gasteiger partial charge is 0.260 e. The summed E-state index contributed by atoms with van der Waals surface area (Å²) in [5, 5.41) is 6.51. The predicted molar refractivity (Wildman–Crippen MR) is 92.5 cm³/mol. The van der Waals surface area contributed by atoms with Crippen molar-refractivity contribution in [3.8, 4) is 0 Å². The molecule has 1 amide bonds. The number of carbonyl (C=O) groups is 1. The first-order valence-electron chi connectivity index (χ1n) is 7.93. The summed E-state index contributed by atoms with van der Waals surface area (Å²) >= 11 is 0. The van der Waals surface area contributed by atoms with E-state index in [0.717, 1.165) is 17.5 Å². The van der Waals surface area contributed by atoms with Crippen LogP contribution in [0.1, 0.15) is 23.6 Å². The second kappa shape index (κ2) is 9.45. The van der Waals surface area contributed by atoms with Crippen molar-refractivity contribution in [3.05, 3.63) is 71.0 Å². The standard InChI is InChI=1S/C19H21FN2O2/c1-2-15-3-5-17(6-4-15)13-22-24-14-19(23)21-12-11-16-7-9-18(20)10-8-16/h3-10,13H,2,11-12,14H2,1H3,(H,21,23)/b22-13-. The van der Waals surface area contributed by atoms with E-state index in [1.165, 1.54) is 17.7 Å². The quantitative estimate of drug-likeness (QED) is 0.598. The molecule has 24 heavy (non-hydrogen) atoms. The molecule has 2 rings (SSSR count). The Morgan fingerprint density at radius 1 is 1.12 bits per heavy atom. The van der Waals surface area contributed by atoms with Gasteiger partial charge in [0.05, 0.1) is 6.21 Å². The molecule has 0 fully saturated rings. The molecule has 2 aromatic carbocycles. The Morgan fingerprint density at radius 3 is 2.46 bits per heavy atom. The van der Waals surface area contributed by atoms with Crippen LogP contribution in [-0.4, -0.2) is 25.3 Å². The highest BCUT2D eigenvalue weighted by molar-refractivity contribution is 5.79. The lowest BCUT2D eigenvalue weighted by Crippen LogP contribution is -2.28. The number of nitrogens with zero attached hydrogens (tertiary/aromatic N) is 1. The zero-order valence-electron chi connectivity index (χ0n) is 13.7. The Hall–Kier alpha value is -2.69. The Morgan fingerprint density at radius 2 is 1.79 bits per heavy atom. The molecular formula is C19H21FN2O2. The molecular weight excluding hydrogens is 307 g/mol. The number of halogens is 1. The van der Waals surface area contributed by atoms with Gasteiger partial charge in [-0.3, -0.25) is 4.79 Å². The van der Waals surface area contributed by atoms with Gasteiger partial charge in [-0.15, -0.1) is 0 Å². The minimum absolute atomic E-state index is 0.132. The van der Waals surface area contributed by atoms with Gasteiger partial charge in [-0.2, -0.15) is 0 Å². The number of rotatable bonds is 8. The number of oxime groups is 1. The fourth-order valence-electron chi connectivity index (χ4n) is 2.08. The van der Waals surface area contributed by atoms with E-state index in [4.69, 9.17) is 4.84 Å². The van der Waals surface area contributed by atoms with Crippen molar-refractivity contribution in [1.82, 2.24) is 5.32 Å². The number of hydrogen-bond acceptors (Lipinski definition) is 3. The van der Waals surface area contributed by atoms with E-state index >= 15 is 0 Å². The molecule has 0 saturated heterocycles. The van der Waals surface area contributed by atoms with Crippen LogP contribution in [0, 0.1) is 5.82 Å². The number of amides is 1. The van der Waals surface area contributed by atoms with Crippen LogP contribution in [0.25, 0.3) is 0 Å². The van der Waals surface area contributed by atoms with Crippen LogP contribution >= 0.6 is 0 Å². The Bertz CT molecular complexity index is 667. The molecule has 0 aliphatic carbocycles. The minimum Gasteiger partial charge on any atom is -0.386 e. The van der Waals surface area contributed by atoms with E-state index in [1.54, 1.807) is 18.3 Å². The molecule has 0 spiro atoms. The van der Waals surface area contributed by atoms with Gasteiger partial charge in [0.25, 0.3) is 5.91 Å². The van der Waals surface area contributed by atoms with Crippen LogP contribution in [0.4, 0.5) is 4.39 Å². The number of hydrogen-bond donors (Lipinski definition) is 1. The average molecular weight is 328 g/mol. The van der Waals surface area contributed by atoms with Crippen LogP contribution in [-0.2, 0) is 22.5 Å². The highest BCUT2D eigenvalue weighted by Gasteiger charge is 2.01. The van der Waals surface area contributed by atoms with Crippen molar-refractivity contribution < 1.29 is 14.0 Å². The number of nitrogens with one attached hydrogen (secondary N) is 1. The summed E-state index contributed by atoms with van der Waals surface area (Å²) in [5.41, 5.74) is 3.14. The second-order valence-corrected chi connectivity index (χ2v) is 5.33. The van der Waals surface area contributed by atoms with Crippen LogP contribution in [0.15, 0.2) is 53.7 Å². The van der Waals surface area contributed by atoms with Crippen molar-refractivity contribution in [1.29, 1.82) is 0 Å². The molecule has 126 valence electrons. The molecule has 0 bridgehead atoms. The maximum absolute atomic E-state index is 12.8. The second-order valence-electron chi connectivity index (χ2n) is 5.33. The van der Waals surface area contributed by atoms with Gasteiger partial charge in [0.2, 0.25) is 0 Å². The molecule has 0 aliphatic heterocycles. The van der Waals surface area contributed by atoms with Crippen LogP contribution in [0.3, 0.4) is 0 Å². The molecule has 0 aromatic heterocycles. The molecule has 2 aromatic rings. The lowest BCUT2D eigenvalue weighted by molar-refractivity contribution is -0.125. The number of benzene rings is 2. The molecule has 0 radical (unpaired) electrons. The van der Waals surface area contributed by atoms with Gasteiger partial charge in [-0.05, 0) is 41.7 Å². The molecule has 0 heterocycles. The van der Waals surface area contributed by atoms with Crippen LogP contribution in [0.2, 0.25) is 0 Å². The maximum atomic E-state index is 12.8. The predicted octanol–water partition coefficient (Wildman–Crippen LogP) is 3.10. The third-order valence-electron chi connectivity index (χ3n) is 3.51. The van der Waals surface area contributed by atoms with Crippen molar-refractivity contribution in [2.24, 2.45) is 5.16 Å². The van der Waals surface area contributed by atoms with E-state index in [9.17, 15) is 9.18 Å². The summed E-state index contributed by atoms with van der Waals surface area (Å²) in [5.74, 6) is -0.506. The first kappa shape index (κ1) is 17.7. The summed E-state index contributed by atoms with van der Waals surface area (Å²) < 4.78 is 12.8. The van der Waals surface area contributed by atoms with Gasteiger partial charge in [0.1, 0.15) is 5.82 Å². The average Bonchev–Trinajstić information content (AvgIpc) is 2.61. The lowest BCUT2D eigenvalue weighted by Gasteiger charge is -2.04. The van der Waals surface area contributed by atoms with Crippen molar-refractivity contribution in [2.45, 2.75) is 19.8 Å². The molecule has 4 nitrogen and oxygen atoms in total. The summed E-state index contributed by atoms with van der Waals surface area (Å²) in [4.78, 5) is 16.6. The largest absolute Gasteiger partial charge is 0.386 e. The molecule has 5 heteroatoms. The number of carbonyl (C=O) groups excluding carboxylic acids is 1. The number of aryl methyl sites for hydroxylation is 1. The van der Waals surface area contributed by atoms with Gasteiger partial charge in [-0.25, -0.2) is 4.39 Å². The van der Waals surface area contributed by atoms with Crippen LogP contribution < -0.4 is 5.32 Å². The van der Waals surface area contributed by atoms with Gasteiger partial charge < -0.3 is 10.2 Å². The monoisotopic (exact) mass is 328 g/mol. The highest BCUT2D eigenvalue weighted by Crippen LogP contribution is 2.03.